The molecule has 17 heavy (non-hydrogen) atoms. The van der Waals surface area contributed by atoms with E-state index in [-0.39, 0.29) is 12.6 Å². The molecule has 98 valence electrons. The van der Waals surface area contributed by atoms with Crippen LogP contribution in [0, 0.1) is 5.92 Å². The van der Waals surface area contributed by atoms with Crippen LogP contribution in [0.5, 0.6) is 0 Å². The highest BCUT2D eigenvalue weighted by molar-refractivity contribution is 4.78. The lowest BCUT2D eigenvalue weighted by atomic mass is 10.0. The average molecular weight is 239 g/mol. The smallest absolute Gasteiger partial charge is 0.0584 e. The first kappa shape index (κ1) is 14.2. The number of aliphatic hydroxyl groups excluding tert-OH is 1. The zero-order valence-electron chi connectivity index (χ0n) is 11.1. The van der Waals surface area contributed by atoms with Crippen molar-refractivity contribution in [2.24, 2.45) is 5.92 Å². The summed E-state index contributed by atoms with van der Waals surface area (Å²) in [6.45, 7) is 7.65. The van der Waals surface area contributed by atoms with Gasteiger partial charge in [-0.3, -0.25) is 4.68 Å². The van der Waals surface area contributed by atoms with Crippen LogP contribution in [0.1, 0.15) is 33.6 Å². The number of hydrogen-bond acceptors (Lipinski definition) is 3. The number of nitrogens with one attached hydrogen (secondary N) is 1. The largest absolute Gasteiger partial charge is 0.395 e. The van der Waals surface area contributed by atoms with Crippen LogP contribution in [-0.4, -0.2) is 33.6 Å². The first-order valence-electron chi connectivity index (χ1n) is 6.46. The Balaban J connectivity index is 2.24. The standard InChI is InChI=1S/C13H25N3O/c1-11(2)9-13(10-17)15-12(3)5-8-16-7-4-6-14-16/h4,6-7,11-13,15,17H,5,8-10H2,1-3H3. The van der Waals surface area contributed by atoms with Crippen molar-refractivity contribution < 1.29 is 5.11 Å². The van der Waals surface area contributed by atoms with Gasteiger partial charge in [-0.05, 0) is 31.7 Å². The summed E-state index contributed by atoms with van der Waals surface area (Å²) in [5, 5.41) is 16.9. The van der Waals surface area contributed by atoms with E-state index >= 15 is 0 Å². The van der Waals surface area contributed by atoms with Gasteiger partial charge < -0.3 is 10.4 Å². The molecule has 0 aromatic carbocycles. The predicted molar refractivity (Wildman–Crippen MR) is 69.8 cm³/mol. The van der Waals surface area contributed by atoms with Crippen LogP contribution in [0.2, 0.25) is 0 Å². The summed E-state index contributed by atoms with van der Waals surface area (Å²) in [7, 11) is 0. The molecule has 0 saturated heterocycles. The molecule has 4 nitrogen and oxygen atoms in total. The topological polar surface area (TPSA) is 50.1 Å². The Bertz CT molecular complexity index is 285. The lowest BCUT2D eigenvalue weighted by molar-refractivity contribution is 0.211. The zero-order valence-corrected chi connectivity index (χ0v) is 11.1. The molecule has 1 heterocycles. The van der Waals surface area contributed by atoms with Crippen molar-refractivity contribution in [2.75, 3.05) is 6.61 Å². The highest BCUT2D eigenvalue weighted by Crippen LogP contribution is 2.06. The molecule has 0 fully saturated rings. The molecule has 2 unspecified atom stereocenters. The fourth-order valence-corrected chi connectivity index (χ4v) is 2.01. The number of hydrogen-bond donors (Lipinski definition) is 2. The van der Waals surface area contributed by atoms with E-state index in [4.69, 9.17) is 0 Å². The lowest BCUT2D eigenvalue weighted by Crippen LogP contribution is -2.40. The van der Waals surface area contributed by atoms with Gasteiger partial charge in [-0.15, -0.1) is 0 Å². The average Bonchev–Trinajstić information content (AvgIpc) is 2.77. The number of rotatable bonds is 8. The molecule has 2 N–H and O–H groups in total. The van der Waals surface area contributed by atoms with Crippen molar-refractivity contribution in [1.82, 2.24) is 15.1 Å². The minimum Gasteiger partial charge on any atom is -0.395 e. The van der Waals surface area contributed by atoms with Gasteiger partial charge in [-0.25, -0.2) is 0 Å². The lowest BCUT2D eigenvalue weighted by Gasteiger charge is -2.23. The number of aryl methyl sites for hydroxylation is 1. The molecule has 0 aliphatic heterocycles. The van der Waals surface area contributed by atoms with E-state index in [1.54, 1.807) is 6.20 Å². The Hall–Kier alpha value is -0.870. The van der Waals surface area contributed by atoms with E-state index in [0.29, 0.717) is 12.0 Å². The van der Waals surface area contributed by atoms with E-state index in [9.17, 15) is 5.11 Å². The third-order valence-electron chi connectivity index (χ3n) is 2.85. The van der Waals surface area contributed by atoms with Gasteiger partial charge in [0, 0.05) is 31.0 Å². The molecule has 0 amide bonds. The molecule has 1 rings (SSSR count). The fourth-order valence-electron chi connectivity index (χ4n) is 2.01. The Morgan fingerprint density at radius 2 is 2.12 bits per heavy atom. The van der Waals surface area contributed by atoms with Gasteiger partial charge in [-0.2, -0.15) is 5.10 Å². The van der Waals surface area contributed by atoms with E-state index in [1.807, 2.05) is 16.9 Å². The molecule has 4 heteroatoms. The van der Waals surface area contributed by atoms with Crippen LogP contribution in [0.25, 0.3) is 0 Å². The van der Waals surface area contributed by atoms with E-state index < -0.39 is 0 Å². The van der Waals surface area contributed by atoms with Crippen molar-refractivity contribution in [3.63, 3.8) is 0 Å². The van der Waals surface area contributed by atoms with Crippen LogP contribution in [0.4, 0.5) is 0 Å². The quantitative estimate of drug-likeness (QED) is 0.725. The van der Waals surface area contributed by atoms with Gasteiger partial charge in [0.05, 0.1) is 6.61 Å². The predicted octanol–water partition coefficient (Wildman–Crippen LogP) is 1.66. The van der Waals surface area contributed by atoms with Crippen molar-refractivity contribution in [1.29, 1.82) is 0 Å². The van der Waals surface area contributed by atoms with Gasteiger partial charge in [0.2, 0.25) is 0 Å². The van der Waals surface area contributed by atoms with Crippen LogP contribution >= 0.6 is 0 Å². The first-order chi connectivity index (χ1) is 8.11. The molecule has 2 atom stereocenters. The van der Waals surface area contributed by atoms with Crippen LogP contribution in [-0.2, 0) is 6.54 Å². The second kappa shape index (κ2) is 7.45. The summed E-state index contributed by atoms with van der Waals surface area (Å²) in [6.07, 6.45) is 5.82. The van der Waals surface area contributed by atoms with Crippen LogP contribution < -0.4 is 5.32 Å². The molecule has 0 spiro atoms. The van der Waals surface area contributed by atoms with Crippen molar-refractivity contribution in [2.45, 2.75) is 52.2 Å². The Morgan fingerprint density at radius 3 is 2.65 bits per heavy atom. The molecule has 0 saturated carbocycles. The minimum absolute atomic E-state index is 0.211. The summed E-state index contributed by atoms with van der Waals surface area (Å²) < 4.78 is 1.94. The molecule has 0 bridgehead atoms. The Labute approximate surface area is 104 Å². The van der Waals surface area contributed by atoms with Gasteiger partial charge >= 0.3 is 0 Å². The maximum Gasteiger partial charge on any atom is 0.0584 e. The van der Waals surface area contributed by atoms with E-state index in [2.05, 4.69) is 31.2 Å². The zero-order chi connectivity index (χ0) is 12.7. The summed E-state index contributed by atoms with van der Waals surface area (Å²) in [6, 6.07) is 2.55. The molecule has 1 aromatic heterocycles. The highest BCUT2D eigenvalue weighted by Gasteiger charge is 2.12. The Kier molecular flexibility index (Phi) is 6.22. The third-order valence-corrected chi connectivity index (χ3v) is 2.85. The van der Waals surface area contributed by atoms with Gasteiger partial charge in [0.1, 0.15) is 0 Å². The first-order valence-corrected chi connectivity index (χ1v) is 6.46. The monoisotopic (exact) mass is 239 g/mol. The summed E-state index contributed by atoms with van der Waals surface area (Å²) >= 11 is 0. The number of aliphatic hydroxyl groups is 1. The van der Waals surface area contributed by atoms with E-state index in [1.165, 1.54) is 0 Å². The van der Waals surface area contributed by atoms with Gasteiger partial charge in [0.15, 0.2) is 0 Å². The number of nitrogens with zero attached hydrogens (tertiary/aromatic N) is 2. The Morgan fingerprint density at radius 1 is 1.35 bits per heavy atom. The van der Waals surface area contributed by atoms with Crippen LogP contribution in [0.3, 0.4) is 0 Å². The van der Waals surface area contributed by atoms with E-state index in [0.717, 1.165) is 19.4 Å². The fraction of sp³-hybridized carbons (Fsp3) is 0.769. The summed E-state index contributed by atoms with van der Waals surface area (Å²) in [4.78, 5) is 0. The molecular formula is C13H25N3O. The highest BCUT2D eigenvalue weighted by atomic mass is 16.3. The minimum atomic E-state index is 0.211. The van der Waals surface area contributed by atoms with Crippen molar-refractivity contribution in [3.05, 3.63) is 18.5 Å². The molecule has 0 radical (unpaired) electrons. The molecular weight excluding hydrogens is 214 g/mol. The SMILES string of the molecule is CC(C)CC(CO)NC(C)CCn1cccn1. The van der Waals surface area contributed by atoms with Crippen molar-refractivity contribution in [3.8, 4) is 0 Å². The second-order valence-electron chi connectivity index (χ2n) is 5.13. The molecule has 0 aliphatic rings. The maximum absolute atomic E-state index is 9.30. The normalized spacial score (nSPS) is 15.1. The molecule has 1 aromatic rings. The van der Waals surface area contributed by atoms with Crippen molar-refractivity contribution >= 4 is 0 Å². The third kappa shape index (κ3) is 5.84. The van der Waals surface area contributed by atoms with Gasteiger partial charge in [-0.1, -0.05) is 13.8 Å². The summed E-state index contributed by atoms with van der Waals surface area (Å²) in [5.74, 6) is 0.609. The summed E-state index contributed by atoms with van der Waals surface area (Å²) in [5.41, 5.74) is 0. The second-order valence-corrected chi connectivity index (χ2v) is 5.13. The van der Waals surface area contributed by atoms with Crippen LogP contribution in [0.15, 0.2) is 18.5 Å². The number of aromatic nitrogens is 2. The molecule has 0 aliphatic carbocycles. The maximum atomic E-state index is 9.30. The van der Waals surface area contributed by atoms with Gasteiger partial charge in [0.25, 0.3) is 0 Å².